The van der Waals surface area contributed by atoms with Crippen LogP contribution in [0.1, 0.15) is 12.0 Å². The number of halogens is 1. The lowest BCUT2D eigenvalue weighted by Crippen LogP contribution is -1.91. The van der Waals surface area contributed by atoms with E-state index in [9.17, 15) is 0 Å². The van der Waals surface area contributed by atoms with Crippen LogP contribution in [-0.4, -0.2) is 16.5 Å². The van der Waals surface area contributed by atoms with Crippen molar-refractivity contribution in [2.24, 2.45) is 0 Å². The Balaban J connectivity index is 2.19. The summed E-state index contributed by atoms with van der Waals surface area (Å²) in [5.41, 5.74) is 1.17. The van der Waals surface area contributed by atoms with Crippen molar-refractivity contribution in [2.75, 3.05) is 11.5 Å². The molecule has 0 spiro atoms. The minimum atomic E-state index is 0.930. The summed E-state index contributed by atoms with van der Waals surface area (Å²) in [5, 5.41) is 0. The Bertz CT molecular complexity index is 344. The molecule has 1 fully saturated rings. The van der Waals surface area contributed by atoms with Crippen molar-refractivity contribution in [1.82, 2.24) is 4.98 Å². The summed E-state index contributed by atoms with van der Waals surface area (Å²) in [4.78, 5) is 4.20. The third-order valence-electron chi connectivity index (χ3n) is 1.84. The van der Waals surface area contributed by atoms with E-state index < -0.39 is 0 Å². The number of thioether (sulfide) groups is 2. The Labute approximate surface area is 101 Å². The summed E-state index contributed by atoms with van der Waals surface area (Å²) in [6.07, 6.45) is 5.33. The van der Waals surface area contributed by atoms with Gasteiger partial charge in [-0.05, 0) is 46.0 Å². The van der Waals surface area contributed by atoms with E-state index in [2.05, 4.69) is 33.1 Å². The van der Waals surface area contributed by atoms with Crippen molar-refractivity contribution in [3.05, 3.63) is 32.7 Å². The molecule has 14 heavy (non-hydrogen) atoms. The Morgan fingerprint density at radius 3 is 2.86 bits per heavy atom. The summed E-state index contributed by atoms with van der Waals surface area (Å²) in [7, 11) is 0. The van der Waals surface area contributed by atoms with Gasteiger partial charge in [-0.1, -0.05) is 6.07 Å². The van der Waals surface area contributed by atoms with Crippen molar-refractivity contribution in [3.63, 3.8) is 0 Å². The van der Waals surface area contributed by atoms with Crippen LogP contribution in [0, 0.1) is 0 Å². The Morgan fingerprint density at radius 1 is 1.36 bits per heavy atom. The minimum absolute atomic E-state index is 0.930. The lowest BCUT2D eigenvalue weighted by atomic mass is 10.3. The largest absolute Gasteiger partial charge is 0.249 e. The van der Waals surface area contributed by atoms with Gasteiger partial charge in [0.15, 0.2) is 0 Å². The fourth-order valence-electron chi connectivity index (χ4n) is 1.16. The monoisotopic (exact) mass is 287 g/mol. The Hall–Kier alpha value is 0.0700. The minimum Gasteiger partial charge on any atom is -0.249 e. The van der Waals surface area contributed by atoms with E-state index in [4.69, 9.17) is 0 Å². The highest BCUT2D eigenvalue weighted by Crippen LogP contribution is 2.36. The maximum absolute atomic E-state index is 4.20. The van der Waals surface area contributed by atoms with Crippen LogP contribution in [0.15, 0.2) is 27.2 Å². The van der Waals surface area contributed by atoms with Crippen LogP contribution >= 0.6 is 39.5 Å². The second-order valence-electron chi connectivity index (χ2n) is 2.90. The molecule has 0 N–H and O–H groups in total. The van der Waals surface area contributed by atoms with E-state index in [1.54, 1.807) is 6.20 Å². The van der Waals surface area contributed by atoms with E-state index in [1.165, 1.54) is 27.7 Å². The molecule has 0 bridgehead atoms. The van der Waals surface area contributed by atoms with Crippen LogP contribution in [0.3, 0.4) is 0 Å². The van der Waals surface area contributed by atoms with Gasteiger partial charge in [0.25, 0.3) is 0 Å². The van der Waals surface area contributed by atoms with Crippen LogP contribution in [0.25, 0.3) is 6.08 Å². The molecular formula is C10H10BrNS2. The topological polar surface area (TPSA) is 12.9 Å². The van der Waals surface area contributed by atoms with Crippen LogP contribution in [0.5, 0.6) is 0 Å². The van der Waals surface area contributed by atoms with Gasteiger partial charge in [-0.25, -0.2) is 4.98 Å². The van der Waals surface area contributed by atoms with Gasteiger partial charge in [-0.15, -0.1) is 23.5 Å². The molecule has 0 saturated carbocycles. The van der Waals surface area contributed by atoms with Gasteiger partial charge in [0.1, 0.15) is 4.60 Å². The van der Waals surface area contributed by atoms with Crippen molar-refractivity contribution < 1.29 is 0 Å². The van der Waals surface area contributed by atoms with Gasteiger partial charge >= 0.3 is 0 Å². The van der Waals surface area contributed by atoms with Gasteiger partial charge in [0.2, 0.25) is 0 Å². The summed E-state index contributed by atoms with van der Waals surface area (Å²) in [6, 6.07) is 4.05. The van der Waals surface area contributed by atoms with Crippen LogP contribution in [-0.2, 0) is 0 Å². The molecule has 1 nitrogen and oxygen atoms in total. The first-order chi connectivity index (χ1) is 6.86. The Kier molecular flexibility index (Phi) is 3.96. The second kappa shape index (κ2) is 5.24. The third-order valence-corrected chi connectivity index (χ3v) is 5.00. The molecule has 1 saturated heterocycles. The molecule has 74 valence electrons. The maximum Gasteiger partial charge on any atom is 0.113 e. The smallest absolute Gasteiger partial charge is 0.113 e. The number of rotatable bonds is 1. The quantitative estimate of drug-likeness (QED) is 0.725. The van der Waals surface area contributed by atoms with Gasteiger partial charge in [-0.2, -0.15) is 0 Å². The molecule has 0 unspecified atom stereocenters. The van der Waals surface area contributed by atoms with E-state index in [0.717, 1.165) is 4.60 Å². The van der Waals surface area contributed by atoms with E-state index in [1.807, 2.05) is 29.6 Å². The normalized spacial score (nSPS) is 16.8. The zero-order chi connectivity index (χ0) is 9.80. The molecule has 0 atom stereocenters. The molecule has 4 heteroatoms. The highest BCUT2D eigenvalue weighted by molar-refractivity contribution is 9.10. The molecule has 0 aromatic carbocycles. The van der Waals surface area contributed by atoms with Gasteiger partial charge in [0, 0.05) is 16.0 Å². The highest BCUT2D eigenvalue weighted by atomic mass is 79.9. The lowest BCUT2D eigenvalue weighted by Gasteiger charge is -2.12. The summed E-state index contributed by atoms with van der Waals surface area (Å²) < 4.78 is 2.34. The standard InChI is InChI=1S/C10H10BrNS2/c11-10-8(3-1-4-12-10)7-9-13-5-2-6-14-9/h1,3-4,7H,2,5-6H2. The fraction of sp³-hybridized carbons (Fsp3) is 0.300. The molecule has 2 rings (SSSR count). The number of aromatic nitrogens is 1. The van der Waals surface area contributed by atoms with Crippen molar-refractivity contribution in [3.8, 4) is 0 Å². The first-order valence-electron chi connectivity index (χ1n) is 4.44. The van der Waals surface area contributed by atoms with Crippen molar-refractivity contribution in [1.29, 1.82) is 0 Å². The van der Waals surface area contributed by atoms with Gasteiger partial charge in [-0.3, -0.25) is 0 Å². The highest BCUT2D eigenvalue weighted by Gasteiger charge is 2.07. The number of pyridine rings is 1. The number of nitrogens with zero attached hydrogens (tertiary/aromatic N) is 1. The van der Waals surface area contributed by atoms with Crippen LogP contribution in [0.4, 0.5) is 0 Å². The predicted molar refractivity (Wildman–Crippen MR) is 69.4 cm³/mol. The molecule has 1 aliphatic rings. The SMILES string of the molecule is Brc1ncccc1C=C1SCCCS1. The first kappa shape index (κ1) is 10.6. The van der Waals surface area contributed by atoms with E-state index >= 15 is 0 Å². The molecule has 1 aromatic rings. The van der Waals surface area contributed by atoms with Gasteiger partial charge < -0.3 is 0 Å². The zero-order valence-electron chi connectivity index (χ0n) is 7.57. The van der Waals surface area contributed by atoms with Crippen molar-refractivity contribution in [2.45, 2.75) is 6.42 Å². The molecular weight excluding hydrogens is 278 g/mol. The molecule has 0 radical (unpaired) electrons. The number of hydrogen-bond donors (Lipinski definition) is 0. The molecule has 1 aromatic heterocycles. The van der Waals surface area contributed by atoms with Crippen LogP contribution in [0.2, 0.25) is 0 Å². The maximum atomic E-state index is 4.20. The molecule has 1 aliphatic heterocycles. The first-order valence-corrected chi connectivity index (χ1v) is 7.20. The second-order valence-corrected chi connectivity index (χ2v) is 6.18. The van der Waals surface area contributed by atoms with Gasteiger partial charge in [0.05, 0.1) is 0 Å². The lowest BCUT2D eigenvalue weighted by molar-refractivity contribution is 1.12. The van der Waals surface area contributed by atoms with Crippen LogP contribution < -0.4 is 0 Å². The molecule has 0 aliphatic carbocycles. The molecule has 2 heterocycles. The van der Waals surface area contributed by atoms with E-state index in [0.29, 0.717) is 0 Å². The summed E-state index contributed by atoms with van der Waals surface area (Å²) in [5.74, 6) is 2.49. The van der Waals surface area contributed by atoms with Crippen molar-refractivity contribution >= 4 is 45.5 Å². The predicted octanol–water partition coefficient (Wildman–Crippen LogP) is 4.01. The molecule has 0 amide bonds. The zero-order valence-corrected chi connectivity index (χ0v) is 10.8. The average Bonchev–Trinajstić information content (AvgIpc) is 2.23. The average molecular weight is 288 g/mol. The number of hydrogen-bond acceptors (Lipinski definition) is 3. The van der Waals surface area contributed by atoms with E-state index in [-0.39, 0.29) is 0 Å². The fourth-order valence-corrected chi connectivity index (χ4v) is 3.94. The summed E-state index contributed by atoms with van der Waals surface area (Å²) >= 11 is 7.33. The summed E-state index contributed by atoms with van der Waals surface area (Å²) in [6.45, 7) is 0. The Morgan fingerprint density at radius 2 is 2.14 bits per heavy atom. The third kappa shape index (κ3) is 2.78.